The number of hydrogen-bond donors (Lipinski definition) is 1. The van der Waals surface area contributed by atoms with E-state index in [0.29, 0.717) is 15.7 Å². The fraction of sp³-hybridized carbons (Fsp3) is 0.417. The minimum atomic E-state index is -0.948. The summed E-state index contributed by atoms with van der Waals surface area (Å²) in [6.07, 6.45) is 0. The van der Waals surface area contributed by atoms with Gasteiger partial charge in [-0.1, -0.05) is 0 Å². The molecule has 0 aliphatic carbocycles. The molecule has 19 heavy (non-hydrogen) atoms. The lowest BCUT2D eigenvalue weighted by molar-refractivity contribution is -0.385. The maximum Gasteiger partial charge on any atom is 0.323 e. The van der Waals surface area contributed by atoms with Crippen molar-refractivity contribution in [2.75, 3.05) is 11.4 Å². The van der Waals surface area contributed by atoms with Crippen LogP contribution in [0.4, 0.5) is 11.4 Å². The van der Waals surface area contributed by atoms with Crippen LogP contribution in [0.15, 0.2) is 16.6 Å². The number of carboxylic acids is 1. The Balaban J connectivity index is 3.28. The molecule has 7 heteroatoms. The number of halogens is 1. The molecule has 0 amide bonds. The third-order valence-corrected chi connectivity index (χ3v) is 3.34. The lowest BCUT2D eigenvalue weighted by atomic mass is 10.1. The van der Waals surface area contributed by atoms with Crippen molar-refractivity contribution in [3.8, 4) is 0 Å². The predicted molar refractivity (Wildman–Crippen MR) is 75.7 cm³/mol. The normalized spacial score (nSPS) is 10.6. The van der Waals surface area contributed by atoms with Gasteiger partial charge >= 0.3 is 5.97 Å². The van der Waals surface area contributed by atoms with Crippen LogP contribution in [0.5, 0.6) is 0 Å². The van der Waals surface area contributed by atoms with Crippen molar-refractivity contribution in [3.63, 3.8) is 0 Å². The molecule has 0 aromatic heterocycles. The van der Waals surface area contributed by atoms with Gasteiger partial charge in [-0.15, -0.1) is 0 Å². The number of nitrogens with zero attached hydrogens (tertiary/aromatic N) is 2. The third-order valence-electron chi connectivity index (χ3n) is 2.70. The highest BCUT2D eigenvalue weighted by molar-refractivity contribution is 9.10. The van der Waals surface area contributed by atoms with Crippen LogP contribution in [0.2, 0.25) is 0 Å². The van der Waals surface area contributed by atoms with E-state index < -0.39 is 10.9 Å². The van der Waals surface area contributed by atoms with E-state index in [1.165, 1.54) is 6.07 Å². The fourth-order valence-corrected chi connectivity index (χ4v) is 2.32. The number of hydrogen-bond acceptors (Lipinski definition) is 4. The van der Waals surface area contributed by atoms with Gasteiger partial charge in [-0.3, -0.25) is 14.9 Å². The second kappa shape index (κ2) is 6.01. The van der Waals surface area contributed by atoms with Gasteiger partial charge in [-0.05, 0) is 42.8 Å². The number of carboxylic acid groups (broad SMARTS) is 1. The lowest BCUT2D eigenvalue weighted by Crippen LogP contribution is -2.36. The summed E-state index contributed by atoms with van der Waals surface area (Å²) in [4.78, 5) is 22.9. The van der Waals surface area contributed by atoms with E-state index >= 15 is 0 Å². The summed E-state index contributed by atoms with van der Waals surface area (Å²) in [5.41, 5.74) is 1.15. The van der Waals surface area contributed by atoms with Crippen LogP contribution in [0.25, 0.3) is 0 Å². The fourth-order valence-electron chi connectivity index (χ4n) is 1.76. The first-order chi connectivity index (χ1) is 8.73. The maximum absolute atomic E-state index is 10.9. The molecule has 0 saturated heterocycles. The predicted octanol–water partition coefficient (Wildman–Crippen LogP) is 2.97. The molecule has 0 spiro atoms. The number of anilines is 1. The van der Waals surface area contributed by atoms with E-state index in [1.807, 2.05) is 13.8 Å². The van der Waals surface area contributed by atoms with Gasteiger partial charge in [0.2, 0.25) is 0 Å². The van der Waals surface area contributed by atoms with E-state index in [-0.39, 0.29) is 18.3 Å². The Kier molecular flexibility index (Phi) is 4.88. The molecule has 104 valence electrons. The molecule has 1 rings (SSSR count). The molecular weight excluding hydrogens is 316 g/mol. The van der Waals surface area contributed by atoms with Crippen LogP contribution in [0.1, 0.15) is 19.4 Å². The van der Waals surface area contributed by atoms with E-state index in [4.69, 9.17) is 5.11 Å². The van der Waals surface area contributed by atoms with Gasteiger partial charge in [-0.2, -0.15) is 0 Å². The average molecular weight is 331 g/mol. The Morgan fingerprint density at radius 3 is 2.53 bits per heavy atom. The van der Waals surface area contributed by atoms with Crippen LogP contribution in [0, 0.1) is 17.0 Å². The number of aliphatic carboxylic acids is 1. The van der Waals surface area contributed by atoms with Gasteiger partial charge in [0, 0.05) is 22.1 Å². The van der Waals surface area contributed by atoms with E-state index in [1.54, 1.807) is 17.9 Å². The average Bonchev–Trinajstić information content (AvgIpc) is 2.27. The van der Waals surface area contributed by atoms with Gasteiger partial charge in [-0.25, -0.2) is 0 Å². The van der Waals surface area contributed by atoms with E-state index in [9.17, 15) is 14.9 Å². The van der Waals surface area contributed by atoms with Crippen LogP contribution >= 0.6 is 15.9 Å². The zero-order chi connectivity index (χ0) is 14.7. The molecule has 0 aliphatic heterocycles. The molecule has 1 N–H and O–H groups in total. The number of carbonyl (C=O) groups is 1. The van der Waals surface area contributed by atoms with Gasteiger partial charge in [0.25, 0.3) is 5.69 Å². The Morgan fingerprint density at radius 2 is 2.11 bits per heavy atom. The molecule has 0 bridgehead atoms. The molecule has 1 aromatic carbocycles. The number of benzene rings is 1. The van der Waals surface area contributed by atoms with Crippen molar-refractivity contribution in [1.82, 2.24) is 0 Å². The molecule has 0 saturated carbocycles. The summed E-state index contributed by atoms with van der Waals surface area (Å²) in [5.74, 6) is -0.948. The highest BCUT2D eigenvalue weighted by Gasteiger charge is 2.21. The maximum atomic E-state index is 10.9. The first-order valence-electron chi connectivity index (χ1n) is 5.67. The van der Waals surface area contributed by atoms with Crippen LogP contribution in [-0.2, 0) is 4.79 Å². The second-order valence-corrected chi connectivity index (χ2v) is 5.32. The third kappa shape index (κ3) is 3.66. The minimum absolute atomic E-state index is 0.00894. The van der Waals surface area contributed by atoms with Crippen molar-refractivity contribution in [1.29, 1.82) is 0 Å². The highest BCUT2D eigenvalue weighted by Crippen LogP contribution is 2.33. The quantitative estimate of drug-likeness (QED) is 0.662. The molecule has 0 aliphatic rings. The van der Waals surface area contributed by atoms with Crippen molar-refractivity contribution >= 4 is 33.3 Å². The number of rotatable bonds is 5. The Bertz CT molecular complexity index is 517. The first-order valence-corrected chi connectivity index (χ1v) is 6.46. The SMILES string of the molecule is Cc1cc(N(CC(=O)O)C(C)C)c(Br)cc1[N+](=O)[O-]. The summed E-state index contributed by atoms with van der Waals surface area (Å²) < 4.78 is 0.514. The molecule has 0 atom stereocenters. The minimum Gasteiger partial charge on any atom is -0.480 e. The molecule has 0 fully saturated rings. The largest absolute Gasteiger partial charge is 0.480 e. The smallest absolute Gasteiger partial charge is 0.323 e. The van der Waals surface area contributed by atoms with Crippen LogP contribution in [0.3, 0.4) is 0 Å². The van der Waals surface area contributed by atoms with Crippen molar-refractivity contribution in [3.05, 3.63) is 32.3 Å². The summed E-state index contributed by atoms with van der Waals surface area (Å²) in [6, 6.07) is 3.00. The van der Waals surface area contributed by atoms with Gasteiger partial charge < -0.3 is 10.0 Å². The number of nitro groups is 1. The Labute approximate surface area is 119 Å². The highest BCUT2D eigenvalue weighted by atomic mass is 79.9. The summed E-state index contributed by atoms with van der Waals surface area (Å²) in [6.45, 7) is 5.21. The van der Waals surface area contributed by atoms with Gasteiger partial charge in [0.05, 0.1) is 10.6 Å². The van der Waals surface area contributed by atoms with E-state index in [0.717, 1.165) is 0 Å². The van der Waals surface area contributed by atoms with Gasteiger partial charge in [0.1, 0.15) is 6.54 Å². The lowest BCUT2D eigenvalue weighted by Gasteiger charge is -2.28. The van der Waals surface area contributed by atoms with Crippen molar-refractivity contribution in [2.24, 2.45) is 0 Å². The monoisotopic (exact) mass is 330 g/mol. The molecule has 0 heterocycles. The van der Waals surface area contributed by atoms with Crippen molar-refractivity contribution in [2.45, 2.75) is 26.8 Å². The summed E-state index contributed by atoms with van der Waals surface area (Å²) in [7, 11) is 0. The number of nitro benzene ring substituents is 1. The van der Waals surface area contributed by atoms with Crippen molar-refractivity contribution < 1.29 is 14.8 Å². The standard InChI is InChI=1S/C12H15BrN2O4/c1-7(2)14(6-12(16)17)11-4-8(3)10(15(18)19)5-9(11)13/h4-5,7H,6H2,1-3H3,(H,16,17). The topological polar surface area (TPSA) is 83.7 Å². The molecular formula is C12H15BrN2O4. The molecule has 0 unspecified atom stereocenters. The van der Waals surface area contributed by atoms with E-state index in [2.05, 4.69) is 15.9 Å². The van der Waals surface area contributed by atoms with Gasteiger partial charge in [0.15, 0.2) is 0 Å². The Morgan fingerprint density at radius 1 is 1.53 bits per heavy atom. The molecule has 6 nitrogen and oxygen atoms in total. The Hall–Kier alpha value is -1.63. The zero-order valence-electron chi connectivity index (χ0n) is 10.9. The molecule has 0 radical (unpaired) electrons. The zero-order valence-corrected chi connectivity index (χ0v) is 12.5. The second-order valence-electron chi connectivity index (χ2n) is 4.46. The summed E-state index contributed by atoms with van der Waals surface area (Å²) in [5, 5.41) is 19.8. The van der Waals surface area contributed by atoms with Crippen LogP contribution < -0.4 is 4.90 Å². The first kappa shape index (κ1) is 15.4. The summed E-state index contributed by atoms with van der Waals surface area (Å²) >= 11 is 3.27. The molecule has 1 aromatic rings. The number of aryl methyl sites for hydroxylation is 1. The van der Waals surface area contributed by atoms with Crippen LogP contribution in [-0.4, -0.2) is 28.6 Å².